The molecule has 25 heavy (non-hydrogen) atoms. The first kappa shape index (κ1) is 17.2. The van der Waals surface area contributed by atoms with E-state index in [1.807, 2.05) is 19.1 Å². The van der Waals surface area contributed by atoms with E-state index in [-0.39, 0.29) is 11.8 Å². The van der Waals surface area contributed by atoms with E-state index in [0.29, 0.717) is 23.4 Å². The Morgan fingerprint density at radius 2 is 2.08 bits per heavy atom. The van der Waals surface area contributed by atoms with Gasteiger partial charge in [-0.25, -0.2) is 0 Å². The standard InChI is InChI=1S/C20H23N3O2/c1-14-5-8-20(25-14)19(23-9-3-4-10-23)13-22-18-11-16(12-21)6-7-17(18)15(2)24/h5-8,11,19,22H,3-4,9-10,13H2,1-2H3. The fourth-order valence-corrected chi connectivity index (χ4v) is 3.37. The third-order valence-corrected chi connectivity index (χ3v) is 4.68. The van der Waals surface area contributed by atoms with Crippen LogP contribution in [0.5, 0.6) is 0 Å². The third kappa shape index (κ3) is 3.92. The number of carbonyl (C=O) groups excluding carboxylic acids is 1. The van der Waals surface area contributed by atoms with Crippen LogP contribution in [0.3, 0.4) is 0 Å². The molecule has 1 aromatic heterocycles. The van der Waals surface area contributed by atoms with Crippen molar-refractivity contribution < 1.29 is 9.21 Å². The quantitative estimate of drug-likeness (QED) is 0.809. The number of carbonyl (C=O) groups is 1. The van der Waals surface area contributed by atoms with E-state index in [4.69, 9.17) is 9.68 Å². The molecule has 1 atom stereocenters. The largest absolute Gasteiger partial charge is 0.465 e. The van der Waals surface area contributed by atoms with Crippen molar-refractivity contribution in [3.05, 3.63) is 53.0 Å². The van der Waals surface area contributed by atoms with Gasteiger partial charge < -0.3 is 9.73 Å². The Kier molecular flexibility index (Phi) is 5.20. The number of hydrogen-bond acceptors (Lipinski definition) is 5. The van der Waals surface area contributed by atoms with Crippen LogP contribution in [0.4, 0.5) is 5.69 Å². The van der Waals surface area contributed by atoms with E-state index < -0.39 is 0 Å². The van der Waals surface area contributed by atoms with Crippen LogP contribution in [0, 0.1) is 18.3 Å². The van der Waals surface area contributed by atoms with Gasteiger partial charge >= 0.3 is 0 Å². The number of nitriles is 1. The molecule has 2 heterocycles. The minimum atomic E-state index is -0.0152. The Morgan fingerprint density at radius 1 is 1.32 bits per heavy atom. The van der Waals surface area contributed by atoms with Gasteiger partial charge in [-0.3, -0.25) is 9.69 Å². The molecule has 0 aliphatic carbocycles. The zero-order chi connectivity index (χ0) is 17.8. The van der Waals surface area contributed by atoms with Crippen LogP contribution >= 0.6 is 0 Å². The van der Waals surface area contributed by atoms with Crippen LogP contribution in [-0.4, -0.2) is 30.3 Å². The van der Waals surface area contributed by atoms with E-state index in [1.54, 1.807) is 25.1 Å². The van der Waals surface area contributed by atoms with Crippen LogP contribution in [-0.2, 0) is 0 Å². The minimum absolute atomic E-state index is 0.0152. The lowest BCUT2D eigenvalue weighted by Gasteiger charge is -2.27. The van der Waals surface area contributed by atoms with Gasteiger partial charge in [0.25, 0.3) is 0 Å². The van der Waals surface area contributed by atoms with Crippen LogP contribution in [0.15, 0.2) is 34.7 Å². The predicted molar refractivity (Wildman–Crippen MR) is 96.6 cm³/mol. The van der Waals surface area contributed by atoms with Gasteiger partial charge in [0.1, 0.15) is 11.5 Å². The topological polar surface area (TPSA) is 69.3 Å². The summed E-state index contributed by atoms with van der Waals surface area (Å²) in [6, 6.07) is 11.4. The number of likely N-dealkylation sites (tertiary alicyclic amines) is 1. The highest BCUT2D eigenvalue weighted by Crippen LogP contribution is 2.28. The molecule has 3 rings (SSSR count). The fraction of sp³-hybridized carbons (Fsp3) is 0.400. The monoisotopic (exact) mass is 337 g/mol. The van der Waals surface area contributed by atoms with Crippen molar-refractivity contribution >= 4 is 11.5 Å². The van der Waals surface area contributed by atoms with Gasteiger partial charge in [0.15, 0.2) is 5.78 Å². The van der Waals surface area contributed by atoms with Crippen molar-refractivity contribution in [2.24, 2.45) is 0 Å². The maximum atomic E-state index is 11.9. The molecule has 0 bridgehead atoms. The van der Waals surface area contributed by atoms with E-state index in [1.165, 1.54) is 12.8 Å². The molecule has 1 aliphatic heterocycles. The van der Waals surface area contributed by atoms with E-state index in [2.05, 4.69) is 16.3 Å². The van der Waals surface area contributed by atoms with Gasteiger partial charge in [0.05, 0.1) is 17.7 Å². The summed E-state index contributed by atoms with van der Waals surface area (Å²) in [4.78, 5) is 14.3. The summed E-state index contributed by atoms with van der Waals surface area (Å²) in [5, 5.41) is 12.5. The molecular formula is C20H23N3O2. The number of furan rings is 1. The molecule has 1 fully saturated rings. The summed E-state index contributed by atoms with van der Waals surface area (Å²) < 4.78 is 5.87. The maximum absolute atomic E-state index is 11.9. The number of anilines is 1. The molecule has 5 nitrogen and oxygen atoms in total. The first-order chi connectivity index (χ1) is 12.1. The van der Waals surface area contributed by atoms with Crippen molar-refractivity contribution in [1.82, 2.24) is 4.90 Å². The molecule has 1 aromatic carbocycles. The summed E-state index contributed by atoms with van der Waals surface area (Å²) in [5.41, 5.74) is 1.85. The lowest BCUT2D eigenvalue weighted by Crippen LogP contribution is -2.31. The molecule has 1 unspecified atom stereocenters. The molecular weight excluding hydrogens is 314 g/mol. The van der Waals surface area contributed by atoms with Crippen molar-refractivity contribution in [3.63, 3.8) is 0 Å². The van der Waals surface area contributed by atoms with E-state index in [9.17, 15) is 4.79 Å². The average molecular weight is 337 g/mol. The van der Waals surface area contributed by atoms with Gasteiger partial charge in [-0.1, -0.05) is 0 Å². The number of nitrogens with zero attached hydrogens (tertiary/aromatic N) is 2. The van der Waals surface area contributed by atoms with Crippen molar-refractivity contribution in [2.45, 2.75) is 32.7 Å². The Bertz CT molecular complexity index is 798. The van der Waals surface area contributed by atoms with Crippen molar-refractivity contribution in [2.75, 3.05) is 25.0 Å². The summed E-state index contributed by atoms with van der Waals surface area (Å²) in [6.45, 7) is 6.21. The SMILES string of the molecule is CC(=O)c1ccc(C#N)cc1NCC(c1ccc(C)o1)N1CCCC1. The molecule has 2 aromatic rings. The third-order valence-electron chi connectivity index (χ3n) is 4.68. The Morgan fingerprint density at radius 3 is 2.68 bits per heavy atom. The Balaban J connectivity index is 1.83. The first-order valence-electron chi connectivity index (χ1n) is 8.68. The lowest BCUT2D eigenvalue weighted by molar-refractivity contribution is 0.101. The molecule has 1 saturated heterocycles. The number of benzene rings is 1. The number of nitrogens with one attached hydrogen (secondary N) is 1. The molecule has 0 spiro atoms. The summed E-state index contributed by atoms with van der Waals surface area (Å²) >= 11 is 0. The number of aryl methyl sites for hydroxylation is 1. The molecule has 1 N–H and O–H groups in total. The summed E-state index contributed by atoms with van der Waals surface area (Å²) in [6.07, 6.45) is 2.39. The Labute approximate surface area is 148 Å². The zero-order valence-corrected chi connectivity index (χ0v) is 14.7. The van der Waals surface area contributed by atoms with Gasteiger partial charge in [-0.2, -0.15) is 5.26 Å². The predicted octanol–water partition coefficient (Wildman–Crippen LogP) is 3.91. The highest BCUT2D eigenvalue weighted by Gasteiger charge is 2.26. The van der Waals surface area contributed by atoms with Gasteiger partial charge in [-0.05, 0) is 70.1 Å². The normalized spacial score (nSPS) is 15.7. The van der Waals surface area contributed by atoms with Gasteiger partial charge in [0, 0.05) is 17.8 Å². The average Bonchev–Trinajstić information content (AvgIpc) is 3.27. The smallest absolute Gasteiger partial charge is 0.161 e. The second kappa shape index (κ2) is 7.54. The van der Waals surface area contributed by atoms with Gasteiger partial charge in [-0.15, -0.1) is 0 Å². The number of ketones is 1. The van der Waals surface area contributed by atoms with Crippen LogP contribution in [0.25, 0.3) is 0 Å². The van der Waals surface area contributed by atoms with Crippen molar-refractivity contribution in [3.8, 4) is 6.07 Å². The van der Waals surface area contributed by atoms with E-state index >= 15 is 0 Å². The molecule has 0 saturated carbocycles. The number of Topliss-reactive ketones (excluding diaryl/α,β-unsaturated/α-hetero) is 1. The van der Waals surface area contributed by atoms with Crippen LogP contribution in [0.2, 0.25) is 0 Å². The second-order valence-corrected chi connectivity index (χ2v) is 6.52. The Hall–Kier alpha value is -2.58. The maximum Gasteiger partial charge on any atom is 0.161 e. The highest BCUT2D eigenvalue weighted by molar-refractivity contribution is 5.99. The lowest BCUT2D eigenvalue weighted by atomic mass is 10.1. The first-order valence-corrected chi connectivity index (χ1v) is 8.68. The fourth-order valence-electron chi connectivity index (χ4n) is 3.37. The summed E-state index contributed by atoms with van der Waals surface area (Å²) in [5.74, 6) is 1.82. The molecule has 1 aliphatic rings. The molecule has 0 radical (unpaired) electrons. The second-order valence-electron chi connectivity index (χ2n) is 6.52. The minimum Gasteiger partial charge on any atom is -0.465 e. The van der Waals surface area contributed by atoms with Crippen LogP contribution in [0.1, 0.15) is 53.2 Å². The molecule has 5 heteroatoms. The highest BCUT2D eigenvalue weighted by atomic mass is 16.3. The number of hydrogen-bond donors (Lipinski definition) is 1. The van der Waals surface area contributed by atoms with Crippen molar-refractivity contribution in [1.29, 1.82) is 5.26 Å². The zero-order valence-electron chi connectivity index (χ0n) is 14.7. The molecule has 0 amide bonds. The van der Waals surface area contributed by atoms with Crippen LogP contribution < -0.4 is 5.32 Å². The van der Waals surface area contributed by atoms with Gasteiger partial charge in [0.2, 0.25) is 0 Å². The summed E-state index contributed by atoms with van der Waals surface area (Å²) in [7, 11) is 0. The number of rotatable bonds is 6. The molecule has 130 valence electrons. The van der Waals surface area contributed by atoms with E-state index in [0.717, 1.165) is 24.6 Å².